The van der Waals surface area contributed by atoms with E-state index in [1.54, 1.807) is 17.9 Å². The maximum atomic E-state index is 11.5. The lowest BCUT2D eigenvalue weighted by molar-refractivity contribution is 0.651. The van der Waals surface area contributed by atoms with Crippen LogP contribution in [0.5, 0.6) is 0 Å². The van der Waals surface area contributed by atoms with Gasteiger partial charge in [0.2, 0.25) is 0 Å². The topological polar surface area (TPSA) is 42.3 Å². The molecule has 1 aromatic heterocycles. The van der Waals surface area contributed by atoms with Crippen LogP contribution < -0.4 is 0 Å². The average molecular weight is 216 g/mol. The molecular formula is C8H12N2OS2. The second kappa shape index (κ2) is 4.11. The Kier molecular flexibility index (Phi) is 3.33. The van der Waals surface area contributed by atoms with Gasteiger partial charge in [-0.1, -0.05) is 0 Å². The van der Waals surface area contributed by atoms with Gasteiger partial charge in [0.05, 0.1) is 21.3 Å². The number of hydrogen-bond donors (Lipinski definition) is 0. The molecule has 0 aliphatic rings. The lowest BCUT2D eigenvalue weighted by Gasteiger charge is -2.12. The van der Waals surface area contributed by atoms with Crippen LogP contribution in [0, 0.1) is 0 Å². The molecule has 0 fully saturated rings. The normalized spacial score (nSPS) is 15.0. The Hall–Kier alpha value is -0.550. The van der Waals surface area contributed by atoms with E-state index in [1.165, 1.54) is 11.3 Å². The van der Waals surface area contributed by atoms with Gasteiger partial charge < -0.3 is 0 Å². The third-order valence-corrected chi connectivity index (χ3v) is 3.31. The molecule has 0 spiro atoms. The van der Waals surface area contributed by atoms with Crippen LogP contribution in [-0.2, 0) is 11.0 Å². The molecule has 0 N–H and O–H groups in total. The highest BCUT2D eigenvalue weighted by molar-refractivity contribution is 7.85. The first-order chi connectivity index (χ1) is 6.00. The Morgan fingerprint density at radius 1 is 1.62 bits per heavy atom. The van der Waals surface area contributed by atoms with Gasteiger partial charge in [0.1, 0.15) is 11.0 Å². The van der Waals surface area contributed by atoms with Gasteiger partial charge in [0.25, 0.3) is 0 Å². The van der Waals surface area contributed by atoms with Crippen LogP contribution in [0.4, 0.5) is 0 Å². The Bertz CT molecular complexity index is 311. The number of hydrogen-bond acceptors (Lipinski definition) is 3. The van der Waals surface area contributed by atoms with E-state index in [0.29, 0.717) is 0 Å². The van der Waals surface area contributed by atoms with Crippen molar-refractivity contribution in [1.29, 1.82) is 0 Å². The highest BCUT2D eigenvalue weighted by Crippen LogP contribution is 2.12. The highest BCUT2D eigenvalue weighted by Gasteiger charge is 2.17. The molecule has 1 rings (SSSR count). The van der Waals surface area contributed by atoms with Crippen molar-refractivity contribution in [2.45, 2.75) is 25.5 Å². The van der Waals surface area contributed by atoms with Crippen molar-refractivity contribution in [1.82, 2.24) is 4.98 Å². The molecule has 5 heteroatoms. The molecule has 0 aliphatic carbocycles. The third-order valence-electron chi connectivity index (χ3n) is 1.25. The fourth-order valence-corrected chi connectivity index (χ4v) is 1.62. The molecule has 72 valence electrons. The summed E-state index contributed by atoms with van der Waals surface area (Å²) in [7, 11) is -1.17. The lowest BCUT2D eigenvalue weighted by atomic mass is 10.3. The van der Waals surface area contributed by atoms with Crippen molar-refractivity contribution in [2.24, 2.45) is 4.40 Å². The van der Waals surface area contributed by atoms with Crippen LogP contribution in [0.2, 0.25) is 0 Å². The van der Waals surface area contributed by atoms with Crippen LogP contribution in [-0.4, -0.2) is 20.2 Å². The molecule has 1 heterocycles. The molecular weight excluding hydrogens is 204 g/mol. The summed E-state index contributed by atoms with van der Waals surface area (Å²) in [5.74, 6) is 0. The first-order valence-corrected chi connectivity index (χ1v) is 5.83. The summed E-state index contributed by atoms with van der Waals surface area (Å²) in [5, 5.41) is 0. The Labute approximate surface area is 84.5 Å². The van der Waals surface area contributed by atoms with Crippen LogP contribution >= 0.6 is 11.3 Å². The summed E-state index contributed by atoms with van der Waals surface area (Å²) in [4.78, 5) is 4.82. The molecule has 0 aromatic carbocycles. The van der Waals surface area contributed by atoms with E-state index in [1.807, 2.05) is 20.8 Å². The largest absolute Gasteiger partial charge is 0.252 e. The molecule has 0 bridgehead atoms. The van der Waals surface area contributed by atoms with E-state index < -0.39 is 11.0 Å². The van der Waals surface area contributed by atoms with Gasteiger partial charge >= 0.3 is 0 Å². The van der Waals surface area contributed by atoms with Gasteiger partial charge in [-0.2, -0.15) is 4.40 Å². The highest BCUT2D eigenvalue weighted by atomic mass is 32.2. The zero-order chi connectivity index (χ0) is 9.90. The van der Waals surface area contributed by atoms with Crippen LogP contribution in [0.1, 0.15) is 25.6 Å². The van der Waals surface area contributed by atoms with Crippen LogP contribution in [0.25, 0.3) is 0 Å². The molecule has 13 heavy (non-hydrogen) atoms. The van der Waals surface area contributed by atoms with Crippen molar-refractivity contribution in [3.05, 3.63) is 16.6 Å². The van der Waals surface area contributed by atoms with Gasteiger partial charge in [0, 0.05) is 6.20 Å². The lowest BCUT2D eigenvalue weighted by Crippen LogP contribution is -2.19. The molecule has 3 nitrogen and oxygen atoms in total. The SMILES string of the molecule is CC(C)(C)[S@@](=O)N=Cc1cncs1. The van der Waals surface area contributed by atoms with Crippen LogP contribution in [0.3, 0.4) is 0 Å². The average Bonchev–Trinajstić information content (AvgIpc) is 2.50. The summed E-state index contributed by atoms with van der Waals surface area (Å²) >= 11 is 1.48. The maximum Gasteiger partial charge on any atom is 0.144 e. The zero-order valence-corrected chi connectivity index (χ0v) is 9.48. The van der Waals surface area contributed by atoms with E-state index in [-0.39, 0.29) is 4.75 Å². The molecule has 0 saturated heterocycles. The first-order valence-electron chi connectivity index (χ1n) is 3.85. The summed E-state index contributed by atoms with van der Waals surface area (Å²) in [6, 6.07) is 0. The number of nitrogens with zero attached hydrogens (tertiary/aromatic N) is 2. The van der Waals surface area contributed by atoms with Gasteiger partial charge in [-0.15, -0.1) is 11.3 Å². The molecule has 0 aliphatic heterocycles. The molecule has 0 amide bonds. The van der Waals surface area contributed by atoms with Gasteiger partial charge in [-0.05, 0) is 20.8 Å². The summed E-state index contributed by atoms with van der Waals surface area (Å²) < 4.78 is 15.1. The predicted molar refractivity (Wildman–Crippen MR) is 57.6 cm³/mol. The summed E-state index contributed by atoms with van der Waals surface area (Å²) in [6.07, 6.45) is 3.31. The van der Waals surface area contributed by atoms with Crippen molar-refractivity contribution < 1.29 is 4.21 Å². The summed E-state index contributed by atoms with van der Waals surface area (Å²) in [6.45, 7) is 5.69. The third kappa shape index (κ3) is 3.36. The van der Waals surface area contributed by atoms with E-state index in [2.05, 4.69) is 9.38 Å². The minimum Gasteiger partial charge on any atom is -0.252 e. The Morgan fingerprint density at radius 2 is 2.31 bits per heavy atom. The second-order valence-electron chi connectivity index (χ2n) is 3.50. The quantitative estimate of drug-likeness (QED) is 0.710. The van der Waals surface area contributed by atoms with E-state index in [4.69, 9.17) is 0 Å². The Balaban J connectivity index is 2.65. The van der Waals surface area contributed by atoms with Crippen LogP contribution in [0.15, 0.2) is 16.1 Å². The summed E-state index contributed by atoms with van der Waals surface area (Å²) in [5.41, 5.74) is 1.72. The molecule has 0 saturated carbocycles. The van der Waals surface area contributed by atoms with Gasteiger partial charge in [-0.3, -0.25) is 4.98 Å². The van der Waals surface area contributed by atoms with E-state index in [0.717, 1.165) is 4.88 Å². The van der Waals surface area contributed by atoms with Gasteiger partial charge in [-0.25, -0.2) is 4.21 Å². The van der Waals surface area contributed by atoms with Gasteiger partial charge in [0.15, 0.2) is 0 Å². The maximum absolute atomic E-state index is 11.5. The predicted octanol–water partition coefficient (Wildman–Crippen LogP) is 2.02. The number of thiazole rings is 1. The molecule has 0 unspecified atom stereocenters. The number of aromatic nitrogens is 1. The molecule has 0 radical (unpaired) electrons. The molecule has 1 aromatic rings. The first kappa shape index (κ1) is 10.5. The Morgan fingerprint density at radius 3 is 2.77 bits per heavy atom. The van der Waals surface area contributed by atoms with Crippen molar-refractivity contribution >= 4 is 28.5 Å². The smallest absolute Gasteiger partial charge is 0.144 e. The van der Waals surface area contributed by atoms with Crippen molar-refractivity contribution in [3.63, 3.8) is 0 Å². The van der Waals surface area contributed by atoms with Crippen molar-refractivity contribution in [3.8, 4) is 0 Å². The van der Waals surface area contributed by atoms with E-state index in [9.17, 15) is 4.21 Å². The minimum absolute atomic E-state index is 0.290. The zero-order valence-electron chi connectivity index (χ0n) is 7.85. The fraction of sp³-hybridized carbons (Fsp3) is 0.500. The van der Waals surface area contributed by atoms with E-state index >= 15 is 0 Å². The molecule has 1 atom stereocenters. The van der Waals surface area contributed by atoms with Crippen molar-refractivity contribution in [2.75, 3.05) is 0 Å². The second-order valence-corrected chi connectivity index (χ2v) is 6.35. The minimum atomic E-state index is -1.17. The monoisotopic (exact) mass is 216 g/mol. The standard InChI is InChI=1S/C8H12N2OS2/c1-8(2,3)13(11)10-5-7-4-9-6-12-7/h4-6H,1-3H3/t13-/m1/s1. The number of rotatable bonds is 2. The fourth-order valence-electron chi connectivity index (χ4n) is 0.547.